The minimum absolute atomic E-state index is 0.0118. The van der Waals surface area contributed by atoms with Crippen molar-refractivity contribution in [1.82, 2.24) is 0 Å². The van der Waals surface area contributed by atoms with Gasteiger partial charge in [-0.15, -0.1) is 0 Å². The molecule has 2 aromatic carbocycles. The summed E-state index contributed by atoms with van der Waals surface area (Å²) in [4.78, 5) is 11.1. The third-order valence-corrected chi connectivity index (χ3v) is 5.82. The molecule has 2 N–H and O–H groups in total. The second kappa shape index (κ2) is 6.57. The minimum Gasteiger partial charge on any atom is -0.478 e. The second-order valence-corrected chi connectivity index (χ2v) is 8.89. The second-order valence-electron chi connectivity index (χ2n) is 6.39. The quantitative estimate of drug-likeness (QED) is 0.787. The summed E-state index contributed by atoms with van der Waals surface area (Å²) in [6.45, 7) is 5.99. The van der Waals surface area contributed by atoms with Crippen molar-refractivity contribution in [3.05, 3.63) is 58.1 Å². The Balaban J connectivity index is 2.44. The number of hydrogen-bond acceptors (Lipinski definition) is 3. The molecule has 0 unspecified atom stereocenters. The molecule has 0 aliphatic heterocycles. The SMILES string of the molecule is CC(C)(C)c1ccc(Br)c(S(=O)(=O)Nc2cccc(C(=O)O)c2)c1. The normalized spacial score (nSPS) is 12.0. The molecule has 128 valence electrons. The Morgan fingerprint density at radius 3 is 2.38 bits per heavy atom. The fourth-order valence-electron chi connectivity index (χ4n) is 2.10. The number of aromatic carboxylic acids is 1. The summed E-state index contributed by atoms with van der Waals surface area (Å²) in [6, 6.07) is 10.9. The first-order valence-electron chi connectivity index (χ1n) is 7.17. The molecule has 24 heavy (non-hydrogen) atoms. The molecule has 0 atom stereocenters. The summed E-state index contributed by atoms with van der Waals surface area (Å²) in [6.07, 6.45) is 0. The smallest absolute Gasteiger partial charge is 0.335 e. The number of carboxylic acids is 1. The zero-order chi connectivity index (χ0) is 18.1. The van der Waals surface area contributed by atoms with Crippen LogP contribution in [0, 0.1) is 0 Å². The first-order chi connectivity index (χ1) is 11.0. The van der Waals surface area contributed by atoms with Crippen LogP contribution in [0.5, 0.6) is 0 Å². The standard InChI is InChI=1S/C17H18BrNO4S/c1-17(2,3)12-7-8-14(18)15(10-12)24(22,23)19-13-6-4-5-11(9-13)16(20)21/h4-10,19H,1-3H3,(H,20,21). The fraction of sp³-hybridized carbons (Fsp3) is 0.235. The van der Waals surface area contributed by atoms with E-state index in [9.17, 15) is 13.2 Å². The highest BCUT2D eigenvalue weighted by Crippen LogP contribution is 2.30. The van der Waals surface area contributed by atoms with E-state index in [-0.39, 0.29) is 21.6 Å². The maximum Gasteiger partial charge on any atom is 0.335 e. The van der Waals surface area contributed by atoms with E-state index in [0.29, 0.717) is 4.47 Å². The Morgan fingerprint density at radius 2 is 1.79 bits per heavy atom. The molecule has 2 aromatic rings. The summed E-state index contributed by atoms with van der Waals surface area (Å²) in [7, 11) is -3.86. The van der Waals surface area contributed by atoms with Crippen molar-refractivity contribution in [3.63, 3.8) is 0 Å². The molecular weight excluding hydrogens is 394 g/mol. The van der Waals surface area contributed by atoms with Crippen LogP contribution in [0.1, 0.15) is 36.7 Å². The summed E-state index contributed by atoms with van der Waals surface area (Å²) in [5.41, 5.74) is 0.889. The lowest BCUT2D eigenvalue weighted by Gasteiger charge is -2.20. The third-order valence-electron chi connectivity index (χ3n) is 3.45. The van der Waals surface area contributed by atoms with E-state index in [1.807, 2.05) is 26.8 Å². The number of hydrogen-bond donors (Lipinski definition) is 2. The Kier molecular flexibility index (Phi) is 5.05. The van der Waals surface area contributed by atoms with Crippen LogP contribution in [0.25, 0.3) is 0 Å². The molecule has 0 aliphatic rings. The van der Waals surface area contributed by atoms with Crippen LogP contribution in [-0.2, 0) is 15.4 Å². The molecule has 0 aliphatic carbocycles. The first-order valence-corrected chi connectivity index (χ1v) is 9.44. The van der Waals surface area contributed by atoms with Gasteiger partial charge in [0, 0.05) is 10.2 Å². The number of halogens is 1. The van der Waals surface area contributed by atoms with Gasteiger partial charge < -0.3 is 5.11 Å². The third kappa shape index (κ3) is 4.15. The highest BCUT2D eigenvalue weighted by molar-refractivity contribution is 9.10. The maximum absolute atomic E-state index is 12.7. The van der Waals surface area contributed by atoms with Gasteiger partial charge in [0.1, 0.15) is 4.90 Å². The van der Waals surface area contributed by atoms with Gasteiger partial charge in [-0.25, -0.2) is 13.2 Å². The van der Waals surface area contributed by atoms with Gasteiger partial charge >= 0.3 is 5.97 Å². The molecule has 0 amide bonds. The summed E-state index contributed by atoms with van der Waals surface area (Å²) < 4.78 is 28.3. The van der Waals surface area contributed by atoms with E-state index in [4.69, 9.17) is 5.11 Å². The van der Waals surface area contributed by atoms with Crippen molar-refractivity contribution in [2.24, 2.45) is 0 Å². The Hall–Kier alpha value is -1.86. The van der Waals surface area contributed by atoms with Crippen LogP contribution in [0.3, 0.4) is 0 Å². The van der Waals surface area contributed by atoms with Crippen molar-refractivity contribution in [2.75, 3.05) is 4.72 Å². The van der Waals surface area contributed by atoms with Crippen LogP contribution >= 0.6 is 15.9 Å². The molecule has 0 aromatic heterocycles. The number of sulfonamides is 1. The van der Waals surface area contributed by atoms with Gasteiger partial charge in [-0.1, -0.05) is 32.9 Å². The van der Waals surface area contributed by atoms with Crippen LogP contribution in [0.2, 0.25) is 0 Å². The molecule has 0 bridgehead atoms. The van der Waals surface area contributed by atoms with Gasteiger partial charge in [-0.2, -0.15) is 0 Å². The highest BCUT2D eigenvalue weighted by Gasteiger charge is 2.22. The Morgan fingerprint density at radius 1 is 1.12 bits per heavy atom. The number of carbonyl (C=O) groups is 1. The van der Waals surface area contributed by atoms with E-state index in [1.165, 1.54) is 24.3 Å². The van der Waals surface area contributed by atoms with Crippen LogP contribution < -0.4 is 4.72 Å². The van der Waals surface area contributed by atoms with Gasteiger partial charge in [-0.3, -0.25) is 4.72 Å². The lowest BCUT2D eigenvalue weighted by molar-refractivity contribution is 0.0697. The predicted molar refractivity (Wildman–Crippen MR) is 97.1 cm³/mol. The zero-order valence-corrected chi connectivity index (χ0v) is 15.9. The lowest BCUT2D eigenvalue weighted by atomic mass is 9.87. The van der Waals surface area contributed by atoms with Crippen LogP contribution in [0.4, 0.5) is 5.69 Å². The molecular formula is C17H18BrNO4S. The molecule has 0 saturated heterocycles. The fourth-order valence-corrected chi connectivity index (χ4v) is 4.14. The zero-order valence-electron chi connectivity index (χ0n) is 13.5. The average Bonchev–Trinajstić information content (AvgIpc) is 2.46. The molecule has 2 rings (SSSR count). The maximum atomic E-state index is 12.7. The van der Waals surface area contributed by atoms with E-state index < -0.39 is 16.0 Å². The van der Waals surface area contributed by atoms with E-state index in [0.717, 1.165) is 5.56 Å². The van der Waals surface area contributed by atoms with Crippen molar-refractivity contribution in [1.29, 1.82) is 0 Å². The number of nitrogens with one attached hydrogen (secondary N) is 1. The van der Waals surface area contributed by atoms with Gasteiger partial charge in [0.25, 0.3) is 10.0 Å². The lowest BCUT2D eigenvalue weighted by Crippen LogP contribution is -2.17. The van der Waals surface area contributed by atoms with E-state index in [1.54, 1.807) is 12.1 Å². The number of benzene rings is 2. The van der Waals surface area contributed by atoms with Crippen molar-refractivity contribution in [2.45, 2.75) is 31.1 Å². The number of rotatable bonds is 4. The van der Waals surface area contributed by atoms with Crippen molar-refractivity contribution in [3.8, 4) is 0 Å². The van der Waals surface area contributed by atoms with Crippen molar-refractivity contribution >= 4 is 37.6 Å². The largest absolute Gasteiger partial charge is 0.478 e. The van der Waals surface area contributed by atoms with Crippen LogP contribution in [0.15, 0.2) is 51.8 Å². The monoisotopic (exact) mass is 411 g/mol. The van der Waals surface area contributed by atoms with Gasteiger partial charge in [0.15, 0.2) is 0 Å². The van der Waals surface area contributed by atoms with Gasteiger partial charge in [-0.05, 0) is 57.2 Å². The number of carboxylic acid groups (broad SMARTS) is 1. The topological polar surface area (TPSA) is 83.5 Å². The van der Waals surface area contributed by atoms with E-state index in [2.05, 4.69) is 20.7 Å². The Labute approximate surface area is 149 Å². The molecule has 0 fully saturated rings. The molecule has 0 heterocycles. The number of anilines is 1. The first kappa shape index (κ1) is 18.5. The molecule has 0 saturated carbocycles. The summed E-state index contributed by atoms with van der Waals surface area (Å²) >= 11 is 3.27. The van der Waals surface area contributed by atoms with Gasteiger partial charge in [0.05, 0.1) is 5.56 Å². The van der Waals surface area contributed by atoms with Crippen molar-refractivity contribution < 1.29 is 18.3 Å². The predicted octanol–water partition coefficient (Wildman–Crippen LogP) is 4.25. The minimum atomic E-state index is -3.86. The Bertz CT molecular complexity index is 886. The van der Waals surface area contributed by atoms with Gasteiger partial charge in [0.2, 0.25) is 0 Å². The van der Waals surface area contributed by atoms with E-state index >= 15 is 0 Å². The average molecular weight is 412 g/mol. The van der Waals surface area contributed by atoms with Crippen LogP contribution in [-0.4, -0.2) is 19.5 Å². The summed E-state index contributed by atoms with van der Waals surface area (Å²) in [5.74, 6) is -1.12. The highest BCUT2D eigenvalue weighted by atomic mass is 79.9. The summed E-state index contributed by atoms with van der Waals surface area (Å²) in [5, 5.41) is 9.01. The molecule has 0 spiro atoms. The molecule has 0 radical (unpaired) electrons. The molecule has 5 nitrogen and oxygen atoms in total. The molecule has 7 heteroatoms.